The fraction of sp³-hybridized carbons (Fsp3) is 0.391. The zero-order valence-electron chi connectivity index (χ0n) is 17.0. The van der Waals surface area contributed by atoms with Gasteiger partial charge in [0.15, 0.2) is 5.79 Å². The van der Waals surface area contributed by atoms with Crippen molar-refractivity contribution in [2.24, 2.45) is 0 Å². The standard InChI is InChI=1S/C23H25FN4O2/c1-25-20-14-17(8-11-26-20)22-21(16-2-4-18(24)5-3-16)27-15-28(22)19-6-9-23(10-7-19)29-12-13-30-23/h2-5,8,11,14-15,19H,6-7,9-10,12-13H2,1H3,(H,25,26). The number of hydrogen-bond acceptors (Lipinski definition) is 5. The summed E-state index contributed by atoms with van der Waals surface area (Å²) >= 11 is 0. The van der Waals surface area contributed by atoms with Crippen molar-refractivity contribution in [2.75, 3.05) is 25.6 Å². The van der Waals surface area contributed by atoms with Crippen LogP contribution in [0.1, 0.15) is 31.7 Å². The van der Waals surface area contributed by atoms with E-state index in [2.05, 4.69) is 14.9 Å². The van der Waals surface area contributed by atoms with Gasteiger partial charge in [0.25, 0.3) is 0 Å². The van der Waals surface area contributed by atoms with E-state index in [1.54, 1.807) is 18.3 Å². The van der Waals surface area contributed by atoms with Crippen molar-refractivity contribution < 1.29 is 13.9 Å². The summed E-state index contributed by atoms with van der Waals surface area (Å²) < 4.78 is 27.6. The van der Waals surface area contributed by atoms with E-state index in [4.69, 9.17) is 14.5 Å². The van der Waals surface area contributed by atoms with Gasteiger partial charge in [-0.25, -0.2) is 14.4 Å². The summed E-state index contributed by atoms with van der Waals surface area (Å²) in [5.74, 6) is 0.142. The first-order valence-electron chi connectivity index (χ1n) is 10.4. The third-order valence-electron chi connectivity index (χ3n) is 6.12. The molecule has 0 radical (unpaired) electrons. The lowest BCUT2D eigenvalue weighted by Gasteiger charge is -2.36. The molecular weight excluding hydrogens is 383 g/mol. The molecule has 2 aromatic heterocycles. The third-order valence-corrected chi connectivity index (χ3v) is 6.12. The molecule has 3 heterocycles. The monoisotopic (exact) mass is 408 g/mol. The van der Waals surface area contributed by atoms with Crippen molar-refractivity contribution in [3.8, 4) is 22.5 Å². The molecule has 7 heteroatoms. The molecule has 2 aliphatic rings. The average Bonchev–Trinajstić information content (AvgIpc) is 3.43. The first-order valence-corrected chi connectivity index (χ1v) is 10.4. The lowest BCUT2D eigenvalue weighted by atomic mass is 9.89. The van der Waals surface area contributed by atoms with Gasteiger partial charge in [-0.05, 0) is 49.2 Å². The molecule has 3 aromatic rings. The number of anilines is 1. The zero-order chi connectivity index (χ0) is 20.6. The molecule has 1 saturated carbocycles. The van der Waals surface area contributed by atoms with Gasteiger partial charge in [0.05, 0.1) is 30.9 Å². The summed E-state index contributed by atoms with van der Waals surface area (Å²) in [6, 6.07) is 10.8. The van der Waals surface area contributed by atoms with Crippen LogP contribution in [0, 0.1) is 5.82 Å². The molecule has 2 fully saturated rings. The predicted octanol–water partition coefficient (Wildman–Crippen LogP) is 4.65. The van der Waals surface area contributed by atoms with Crippen molar-refractivity contribution in [2.45, 2.75) is 37.5 Å². The highest BCUT2D eigenvalue weighted by molar-refractivity contribution is 5.79. The highest BCUT2D eigenvalue weighted by Crippen LogP contribution is 2.43. The van der Waals surface area contributed by atoms with Crippen LogP contribution < -0.4 is 5.32 Å². The number of halogens is 1. The average molecular weight is 408 g/mol. The Morgan fingerprint density at radius 1 is 1.03 bits per heavy atom. The normalized spacial score (nSPS) is 18.7. The van der Waals surface area contributed by atoms with E-state index in [1.165, 1.54) is 12.1 Å². The van der Waals surface area contributed by atoms with Crippen LogP contribution in [0.4, 0.5) is 10.2 Å². The summed E-state index contributed by atoms with van der Waals surface area (Å²) in [5.41, 5.74) is 3.79. The van der Waals surface area contributed by atoms with E-state index >= 15 is 0 Å². The summed E-state index contributed by atoms with van der Waals surface area (Å²) in [4.78, 5) is 9.10. The molecule has 0 unspecified atom stereocenters. The van der Waals surface area contributed by atoms with Gasteiger partial charge in [0.2, 0.25) is 0 Å². The summed E-state index contributed by atoms with van der Waals surface area (Å²) in [6.07, 6.45) is 7.36. The maximum Gasteiger partial charge on any atom is 0.168 e. The van der Waals surface area contributed by atoms with Gasteiger partial charge in [-0.15, -0.1) is 0 Å². The number of rotatable bonds is 4. The number of pyridine rings is 1. The number of benzene rings is 1. The largest absolute Gasteiger partial charge is 0.373 e. The summed E-state index contributed by atoms with van der Waals surface area (Å²) in [5, 5.41) is 3.10. The minimum atomic E-state index is -0.396. The Morgan fingerprint density at radius 3 is 2.47 bits per heavy atom. The highest BCUT2D eigenvalue weighted by Gasteiger charge is 2.41. The van der Waals surface area contributed by atoms with E-state index in [9.17, 15) is 4.39 Å². The van der Waals surface area contributed by atoms with E-state index in [1.807, 2.05) is 25.5 Å². The maximum absolute atomic E-state index is 13.5. The fourth-order valence-corrected chi connectivity index (χ4v) is 4.56. The first kappa shape index (κ1) is 19.2. The van der Waals surface area contributed by atoms with Gasteiger partial charge >= 0.3 is 0 Å². The minimum absolute atomic E-state index is 0.254. The van der Waals surface area contributed by atoms with Gasteiger partial charge < -0.3 is 19.4 Å². The molecule has 0 bridgehead atoms. The van der Waals surface area contributed by atoms with Crippen molar-refractivity contribution >= 4 is 5.82 Å². The molecule has 1 aliphatic carbocycles. The van der Waals surface area contributed by atoms with Crippen molar-refractivity contribution in [3.63, 3.8) is 0 Å². The minimum Gasteiger partial charge on any atom is -0.373 e. The molecule has 0 amide bonds. The number of nitrogens with zero attached hydrogens (tertiary/aromatic N) is 3. The van der Waals surface area contributed by atoms with E-state index in [0.29, 0.717) is 19.3 Å². The molecule has 6 nitrogen and oxygen atoms in total. The van der Waals surface area contributed by atoms with E-state index in [-0.39, 0.29) is 5.82 Å². The number of ether oxygens (including phenoxy) is 2. The molecule has 156 valence electrons. The molecule has 5 rings (SSSR count). The van der Waals surface area contributed by atoms with Crippen LogP contribution in [0.5, 0.6) is 0 Å². The van der Waals surface area contributed by atoms with Crippen LogP contribution in [-0.2, 0) is 9.47 Å². The Bertz CT molecular complexity index is 1020. The third kappa shape index (κ3) is 3.48. The number of imidazole rings is 1. The van der Waals surface area contributed by atoms with Crippen LogP contribution in [0.2, 0.25) is 0 Å². The number of nitrogens with one attached hydrogen (secondary N) is 1. The number of aromatic nitrogens is 3. The Hall–Kier alpha value is -2.77. The van der Waals surface area contributed by atoms with Crippen molar-refractivity contribution in [1.29, 1.82) is 0 Å². The van der Waals surface area contributed by atoms with Crippen molar-refractivity contribution in [1.82, 2.24) is 14.5 Å². The number of hydrogen-bond donors (Lipinski definition) is 1. The second-order valence-corrected chi connectivity index (χ2v) is 7.87. The molecule has 1 spiro atoms. The van der Waals surface area contributed by atoms with Crippen LogP contribution in [0.3, 0.4) is 0 Å². The Labute approximate surface area is 175 Å². The topological polar surface area (TPSA) is 61.2 Å². The Balaban J connectivity index is 1.55. The van der Waals surface area contributed by atoms with Gasteiger partial charge in [-0.1, -0.05) is 0 Å². The summed E-state index contributed by atoms with van der Waals surface area (Å²) in [7, 11) is 1.85. The van der Waals surface area contributed by atoms with Crippen LogP contribution in [-0.4, -0.2) is 40.6 Å². The maximum atomic E-state index is 13.5. The van der Waals surface area contributed by atoms with Gasteiger partial charge in [-0.2, -0.15) is 0 Å². The van der Waals surface area contributed by atoms with E-state index < -0.39 is 5.79 Å². The van der Waals surface area contributed by atoms with Crippen molar-refractivity contribution in [3.05, 3.63) is 54.7 Å². The predicted molar refractivity (Wildman–Crippen MR) is 113 cm³/mol. The van der Waals surface area contributed by atoms with Crippen LogP contribution >= 0.6 is 0 Å². The molecule has 0 atom stereocenters. The second-order valence-electron chi connectivity index (χ2n) is 7.87. The molecule has 1 N–H and O–H groups in total. The second kappa shape index (κ2) is 7.81. The molecule has 1 saturated heterocycles. The molecular formula is C23H25FN4O2. The van der Waals surface area contributed by atoms with Gasteiger partial charge in [-0.3, -0.25) is 0 Å². The molecule has 1 aromatic carbocycles. The van der Waals surface area contributed by atoms with E-state index in [0.717, 1.165) is 54.0 Å². The molecule has 1 aliphatic heterocycles. The SMILES string of the molecule is CNc1cc(-c2c(-c3ccc(F)cc3)ncn2C2CCC3(CC2)OCCO3)ccn1. The smallest absolute Gasteiger partial charge is 0.168 e. The lowest BCUT2D eigenvalue weighted by Crippen LogP contribution is -2.35. The highest BCUT2D eigenvalue weighted by atomic mass is 19.1. The van der Waals surface area contributed by atoms with Gasteiger partial charge in [0.1, 0.15) is 11.6 Å². The lowest BCUT2D eigenvalue weighted by molar-refractivity contribution is -0.181. The fourth-order valence-electron chi connectivity index (χ4n) is 4.56. The Kier molecular flexibility index (Phi) is 5.00. The summed E-state index contributed by atoms with van der Waals surface area (Å²) in [6.45, 7) is 1.36. The zero-order valence-corrected chi connectivity index (χ0v) is 17.0. The van der Waals surface area contributed by atoms with Crippen LogP contribution in [0.15, 0.2) is 48.9 Å². The van der Waals surface area contributed by atoms with Crippen LogP contribution in [0.25, 0.3) is 22.5 Å². The molecule has 30 heavy (non-hydrogen) atoms. The quantitative estimate of drug-likeness (QED) is 0.681. The van der Waals surface area contributed by atoms with Gasteiger partial charge in [0, 0.05) is 43.3 Å². The first-order chi connectivity index (χ1) is 14.7. The Morgan fingerprint density at radius 2 is 1.77 bits per heavy atom.